The van der Waals surface area contributed by atoms with Gasteiger partial charge in [-0.1, -0.05) is 41.1 Å². The van der Waals surface area contributed by atoms with Crippen molar-refractivity contribution in [3.8, 4) is 5.75 Å². The van der Waals surface area contributed by atoms with Crippen LogP contribution in [0.3, 0.4) is 0 Å². The van der Waals surface area contributed by atoms with Gasteiger partial charge in [0.25, 0.3) is 0 Å². The molecule has 0 aliphatic heterocycles. The number of benzene rings is 2. The van der Waals surface area contributed by atoms with Crippen molar-refractivity contribution in [2.75, 3.05) is 0 Å². The summed E-state index contributed by atoms with van der Waals surface area (Å²) in [5, 5.41) is 11.9. The van der Waals surface area contributed by atoms with Gasteiger partial charge in [0.05, 0.1) is 4.83 Å². The van der Waals surface area contributed by atoms with E-state index in [0.717, 1.165) is 24.6 Å². The molecule has 0 unspecified atom stereocenters. The Bertz CT molecular complexity index is 767. The Labute approximate surface area is 132 Å². The number of fused-ring (bicyclic) bond motifs is 5. The van der Waals surface area contributed by atoms with Crippen LogP contribution in [0.1, 0.15) is 36.8 Å². The van der Waals surface area contributed by atoms with Crippen molar-refractivity contribution >= 4 is 32.5 Å². The molecular formula is C18H17BrO2. The number of hydrogen-bond donors (Lipinski definition) is 1. The lowest BCUT2D eigenvalue weighted by molar-refractivity contribution is -0.125. The first kappa shape index (κ1) is 13.3. The lowest BCUT2D eigenvalue weighted by Crippen LogP contribution is -2.33. The van der Waals surface area contributed by atoms with Crippen molar-refractivity contribution in [1.29, 1.82) is 0 Å². The molecule has 4 rings (SSSR count). The Morgan fingerprint density at radius 2 is 2.10 bits per heavy atom. The molecule has 2 nitrogen and oxygen atoms in total. The number of carbonyl (C=O) groups is 1. The van der Waals surface area contributed by atoms with Crippen molar-refractivity contribution in [3.63, 3.8) is 0 Å². The molecule has 2 aliphatic carbocycles. The van der Waals surface area contributed by atoms with E-state index < -0.39 is 0 Å². The zero-order valence-electron chi connectivity index (χ0n) is 11.9. The minimum atomic E-state index is -0.217. The standard InChI is InChI=1S/C18H17BrO2/c1-18-7-6-13-12-5-3-11(20)8-10(12)2-4-14(13)15(18)9-16(19)17(18)21/h2-5,8,15-16,20H,6-7,9H2,1H3/t15-,16-,18-/m0/s1. The number of hydrogen-bond acceptors (Lipinski definition) is 2. The molecule has 0 spiro atoms. The van der Waals surface area contributed by atoms with Crippen molar-refractivity contribution in [2.24, 2.45) is 5.41 Å². The van der Waals surface area contributed by atoms with Crippen molar-refractivity contribution in [1.82, 2.24) is 0 Å². The Morgan fingerprint density at radius 1 is 1.29 bits per heavy atom. The van der Waals surface area contributed by atoms with Crippen LogP contribution in [0, 0.1) is 5.41 Å². The van der Waals surface area contributed by atoms with E-state index in [1.165, 1.54) is 16.5 Å². The van der Waals surface area contributed by atoms with Gasteiger partial charge < -0.3 is 5.11 Å². The minimum absolute atomic E-state index is 0.00559. The van der Waals surface area contributed by atoms with E-state index in [-0.39, 0.29) is 10.2 Å². The Balaban J connectivity index is 1.93. The summed E-state index contributed by atoms with van der Waals surface area (Å²) in [4.78, 5) is 12.5. The molecule has 0 aromatic heterocycles. The number of aryl methyl sites for hydroxylation is 1. The van der Waals surface area contributed by atoms with E-state index in [2.05, 4.69) is 35.0 Å². The number of aromatic hydroxyl groups is 1. The summed E-state index contributed by atoms with van der Waals surface area (Å²) in [6, 6.07) is 9.82. The number of alkyl halides is 1. The third-order valence-electron chi connectivity index (χ3n) is 5.48. The summed E-state index contributed by atoms with van der Waals surface area (Å²) in [5.41, 5.74) is 2.48. The molecule has 0 bridgehead atoms. The third kappa shape index (κ3) is 1.73. The summed E-state index contributed by atoms with van der Waals surface area (Å²) in [6.07, 6.45) is 2.76. The van der Waals surface area contributed by atoms with Crippen LogP contribution in [-0.4, -0.2) is 15.7 Å². The first-order valence-electron chi connectivity index (χ1n) is 7.43. The molecule has 0 saturated heterocycles. The van der Waals surface area contributed by atoms with Gasteiger partial charge in [0.15, 0.2) is 5.78 Å². The summed E-state index contributed by atoms with van der Waals surface area (Å²) in [7, 11) is 0. The van der Waals surface area contributed by atoms with Crippen LogP contribution >= 0.6 is 15.9 Å². The smallest absolute Gasteiger partial charge is 0.152 e. The average Bonchev–Trinajstić information content (AvgIpc) is 2.70. The monoisotopic (exact) mass is 344 g/mol. The van der Waals surface area contributed by atoms with Crippen LogP contribution in [0.2, 0.25) is 0 Å². The van der Waals surface area contributed by atoms with Crippen molar-refractivity contribution in [2.45, 2.75) is 36.9 Å². The van der Waals surface area contributed by atoms with Crippen molar-refractivity contribution < 1.29 is 9.90 Å². The number of ketones is 1. The zero-order chi connectivity index (χ0) is 14.8. The molecule has 1 fully saturated rings. The summed E-state index contributed by atoms with van der Waals surface area (Å²) in [6.45, 7) is 2.13. The quantitative estimate of drug-likeness (QED) is 0.722. The van der Waals surface area contributed by atoms with Gasteiger partial charge in [0.2, 0.25) is 0 Å². The molecule has 0 amide bonds. The Hall–Kier alpha value is -1.35. The first-order valence-corrected chi connectivity index (χ1v) is 8.35. The van der Waals surface area contributed by atoms with Crippen LogP contribution in [0.25, 0.3) is 10.8 Å². The van der Waals surface area contributed by atoms with E-state index in [0.29, 0.717) is 17.5 Å². The lowest BCUT2D eigenvalue weighted by Gasteiger charge is -2.36. The predicted octanol–water partition coefficient (Wildman–Crippen LogP) is 4.32. The Kier molecular flexibility index (Phi) is 2.74. The summed E-state index contributed by atoms with van der Waals surface area (Å²) < 4.78 is 0. The fourth-order valence-corrected chi connectivity index (χ4v) is 5.16. The van der Waals surface area contributed by atoms with Crippen LogP contribution in [-0.2, 0) is 11.2 Å². The number of phenols is 1. The van der Waals surface area contributed by atoms with Gasteiger partial charge in [-0.3, -0.25) is 4.79 Å². The molecule has 2 aliphatic rings. The molecule has 21 heavy (non-hydrogen) atoms. The van der Waals surface area contributed by atoms with Crippen molar-refractivity contribution in [3.05, 3.63) is 41.5 Å². The van der Waals surface area contributed by atoms with E-state index >= 15 is 0 Å². The van der Waals surface area contributed by atoms with Gasteiger partial charge in [0, 0.05) is 5.41 Å². The van der Waals surface area contributed by atoms with E-state index in [4.69, 9.17) is 0 Å². The van der Waals surface area contributed by atoms with E-state index in [1.54, 1.807) is 6.07 Å². The minimum Gasteiger partial charge on any atom is -0.508 e. The zero-order valence-corrected chi connectivity index (χ0v) is 13.5. The fraction of sp³-hybridized carbons (Fsp3) is 0.389. The molecule has 1 N–H and O–H groups in total. The molecule has 3 heteroatoms. The molecule has 3 atom stereocenters. The number of Topliss-reactive ketones (excluding diaryl/α,β-unsaturated/α-hetero) is 1. The number of halogens is 1. The largest absolute Gasteiger partial charge is 0.508 e. The highest BCUT2D eigenvalue weighted by Gasteiger charge is 2.53. The predicted molar refractivity (Wildman–Crippen MR) is 87.1 cm³/mol. The fourth-order valence-electron chi connectivity index (χ4n) is 4.26. The Morgan fingerprint density at radius 3 is 2.90 bits per heavy atom. The lowest BCUT2D eigenvalue weighted by atomic mass is 9.66. The maximum Gasteiger partial charge on any atom is 0.152 e. The molecular weight excluding hydrogens is 328 g/mol. The van der Waals surface area contributed by atoms with Gasteiger partial charge in [-0.25, -0.2) is 0 Å². The summed E-state index contributed by atoms with van der Waals surface area (Å²) >= 11 is 3.56. The molecule has 0 heterocycles. The molecule has 2 aromatic carbocycles. The van der Waals surface area contributed by atoms with Gasteiger partial charge >= 0.3 is 0 Å². The number of rotatable bonds is 0. The highest BCUT2D eigenvalue weighted by atomic mass is 79.9. The van der Waals surface area contributed by atoms with Crippen LogP contribution in [0.15, 0.2) is 30.3 Å². The number of carbonyl (C=O) groups excluding carboxylic acids is 1. The topological polar surface area (TPSA) is 37.3 Å². The average molecular weight is 345 g/mol. The van der Waals surface area contributed by atoms with Gasteiger partial charge in [-0.15, -0.1) is 0 Å². The third-order valence-corrected chi connectivity index (χ3v) is 6.27. The first-order chi connectivity index (χ1) is 10.0. The second-order valence-corrected chi connectivity index (χ2v) is 7.68. The molecule has 2 aromatic rings. The van der Waals surface area contributed by atoms with E-state index in [9.17, 15) is 9.90 Å². The molecule has 108 valence electrons. The molecule has 0 radical (unpaired) electrons. The van der Waals surface area contributed by atoms with E-state index in [1.807, 2.05) is 12.1 Å². The van der Waals surface area contributed by atoms with Crippen LogP contribution < -0.4 is 0 Å². The van der Waals surface area contributed by atoms with Gasteiger partial charge in [-0.2, -0.15) is 0 Å². The van der Waals surface area contributed by atoms with Gasteiger partial charge in [-0.05, 0) is 59.2 Å². The second-order valence-electron chi connectivity index (χ2n) is 6.58. The normalized spacial score (nSPS) is 31.2. The SMILES string of the molecule is C[C@]12CCc3c(ccc4cc(O)ccc34)[C@@H]1C[C@H](Br)C2=O. The van der Waals surface area contributed by atoms with Crippen LogP contribution in [0.4, 0.5) is 0 Å². The highest BCUT2D eigenvalue weighted by Crippen LogP contribution is 2.55. The second kappa shape index (κ2) is 4.33. The van der Waals surface area contributed by atoms with Gasteiger partial charge in [0.1, 0.15) is 5.75 Å². The summed E-state index contributed by atoms with van der Waals surface area (Å²) in [5.74, 6) is 0.986. The maximum absolute atomic E-state index is 12.5. The highest BCUT2D eigenvalue weighted by molar-refractivity contribution is 9.10. The number of phenolic OH excluding ortho intramolecular Hbond substituents is 1. The van der Waals surface area contributed by atoms with Crippen LogP contribution in [0.5, 0.6) is 5.75 Å². The maximum atomic E-state index is 12.5. The molecule has 1 saturated carbocycles.